The summed E-state index contributed by atoms with van der Waals surface area (Å²) in [7, 11) is -3.00. The molecule has 30 heavy (non-hydrogen) atoms. The van der Waals surface area contributed by atoms with E-state index in [1.807, 2.05) is 30.3 Å². The molecule has 3 N–H and O–H groups in total. The van der Waals surface area contributed by atoms with Crippen molar-refractivity contribution in [3.8, 4) is 11.8 Å². The zero-order valence-corrected chi connectivity index (χ0v) is 18.9. The van der Waals surface area contributed by atoms with Crippen molar-refractivity contribution in [2.24, 2.45) is 11.8 Å². The number of aliphatic hydroxyl groups is 2. The molecule has 0 radical (unpaired) electrons. The summed E-state index contributed by atoms with van der Waals surface area (Å²) in [6.45, 7) is 1.34. The molecule has 2 unspecified atom stereocenters. The van der Waals surface area contributed by atoms with Crippen molar-refractivity contribution in [2.45, 2.75) is 56.9 Å². The molecule has 7 heteroatoms. The van der Waals surface area contributed by atoms with Gasteiger partial charge in [-0.1, -0.05) is 18.2 Å². The van der Waals surface area contributed by atoms with Gasteiger partial charge >= 0.3 is 0 Å². The summed E-state index contributed by atoms with van der Waals surface area (Å²) in [5, 5.41) is 22.0. The summed E-state index contributed by atoms with van der Waals surface area (Å²) in [5.41, 5.74) is 0. The number of thiophene rings is 1. The van der Waals surface area contributed by atoms with Gasteiger partial charge in [0.2, 0.25) is 0 Å². The van der Waals surface area contributed by atoms with E-state index in [0.29, 0.717) is 32.1 Å². The van der Waals surface area contributed by atoms with E-state index in [0.717, 1.165) is 15.0 Å². The van der Waals surface area contributed by atoms with Gasteiger partial charge in [-0.3, -0.25) is 4.57 Å². The van der Waals surface area contributed by atoms with E-state index in [1.54, 1.807) is 11.3 Å². The zero-order chi connectivity index (χ0) is 21.7. The third-order valence-electron chi connectivity index (χ3n) is 5.86. The van der Waals surface area contributed by atoms with Crippen molar-refractivity contribution in [1.82, 2.24) is 0 Å². The topological polar surface area (TPSA) is 77.8 Å². The molecular weight excluding hydrogens is 422 g/mol. The Labute approximate surface area is 181 Å². The smallest absolute Gasteiger partial charge is 0.197 e. The van der Waals surface area contributed by atoms with E-state index in [1.165, 1.54) is 6.66 Å². The molecule has 6 atom stereocenters. The predicted octanol–water partition coefficient (Wildman–Crippen LogP) is 5.12. The molecule has 1 fully saturated rings. The fourth-order valence-electron chi connectivity index (χ4n) is 4.21. The minimum atomic E-state index is -3.00. The van der Waals surface area contributed by atoms with E-state index in [4.69, 9.17) is 0 Å². The highest BCUT2D eigenvalue weighted by molar-refractivity contribution is 7.57. The second-order valence-corrected chi connectivity index (χ2v) is 12.0. The highest BCUT2D eigenvalue weighted by Gasteiger charge is 2.42. The summed E-state index contributed by atoms with van der Waals surface area (Å²) in [6, 6.07) is 9.97. The number of benzene rings is 1. The van der Waals surface area contributed by atoms with E-state index in [-0.39, 0.29) is 24.4 Å². The number of unbranched alkanes of at least 4 members (excludes halogenated alkanes) is 1. The molecule has 1 aromatic heterocycles. The maximum absolute atomic E-state index is 14.5. The summed E-state index contributed by atoms with van der Waals surface area (Å²) in [4.78, 5) is 10.2. The molecule has 1 aliphatic rings. The van der Waals surface area contributed by atoms with E-state index in [9.17, 15) is 24.1 Å². The number of rotatable bonds is 8. The lowest BCUT2D eigenvalue weighted by atomic mass is 9.86. The van der Waals surface area contributed by atoms with Gasteiger partial charge in [0.15, 0.2) is 7.37 Å². The summed E-state index contributed by atoms with van der Waals surface area (Å²) in [5.74, 6) is 5.45. The molecule has 0 bridgehead atoms. The first-order chi connectivity index (χ1) is 14.2. The Morgan fingerprint density at radius 1 is 1.30 bits per heavy atom. The van der Waals surface area contributed by atoms with Crippen LogP contribution in [0, 0.1) is 23.7 Å². The van der Waals surface area contributed by atoms with E-state index < -0.39 is 25.7 Å². The quantitative estimate of drug-likeness (QED) is 0.295. The molecule has 1 saturated carbocycles. The van der Waals surface area contributed by atoms with Gasteiger partial charge in [-0.05, 0) is 42.7 Å². The number of halogens is 1. The van der Waals surface area contributed by atoms with Crippen LogP contribution in [0.4, 0.5) is 4.39 Å². The lowest BCUT2D eigenvalue weighted by molar-refractivity contribution is 0.107. The van der Waals surface area contributed by atoms with Crippen molar-refractivity contribution in [3.63, 3.8) is 0 Å². The standard InChI is InChI=1S/C23H30FO4PS/c1-29(27,28)13-7-3-2-4-9-18-17(19(24)15-21(18)26)11-12-20(25)23-14-16-8-5-6-10-22(16)30-23/h5-6,8,10,14,17-21,25-26H,3,7,9,11-13,15H2,1H3,(H,27,28)/t17-,18-,19+,20?,21+/m1/s1. The van der Waals surface area contributed by atoms with Crippen LogP contribution in [-0.2, 0) is 4.57 Å². The number of hydrogen-bond donors (Lipinski definition) is 3. The largest absolute Gasteiger partial charge is 0.393 e. The average Bonchev–Trinajstić information content (AvgIpc) is 3.22. The molecule has 0 amide bonds. The number of hydrogen-bond acceptors (Lipinski definition) is 4. The average molecular weight is 453 g/mol. The van der Waals surface area contributed by atoms with E-state index >= 15 is 0 Å². The fraction of sp³-hybridized carbons (Fsp3) is 0.565. The summed E-state index contributed by atoms with van der Waals surface area (Å²) >= 11 is 1.56. The monoisotopic (exact) mass is 452 g/mol. The number of fused-ring (bicyclic) bond motifs is 1. The SMILES string of the molecule is CP(=O)(O)CCCC#CC[C@@H]1[C@@H](CCC(O)c2cc3ccccc3s2)[C@@H](F)C[C@@H]1O. The van der Waals surface area contributed by atoms with Gasteiger partial charge in [-0.25, -0.2) is 4.39 Å². The Balaban J connectivity index is 1.53. The van der Waals surface area contributed by atoms with Crippen LogP contribution in [-0.4, -0.2) is 40.2 Å². The molecule has 1 heterocycles. The highest BCUT2D eigenvalue weighted by Crippen LogP contribution is 2.41. The van der Waals surface area contributed by atoms with Crippen LogP contribution in [0.25, 0.3) is 10.1 Å². The molecule has 164 valence electrons. The fourth-order valence-corrected chi connectivity index (χ4v) is 6.04. The third kappa shape index (κ3) is 6.39. The first-order valence-corrected chi connectivity index (χ1v) is 13.6. The van der Waals surface area contributed by atoms with Gasteiger partial charge in [-0.15, -0.1) is 23.2 Å². The van der Waals surface area contributed by atoms with Gasteiger partial charge in [-0.2, -0.15) is 0 Å². The van der Waals surface area contributed by atoms with Gasteiger partial charge in [0.05, 0.1) is 12.2 Å². The van der Waals surface area contributed by atoms with Crippen LogP contribution in [0.1, 0.15) is 49.5 Å². The van der Waals surface area contributed by atoms with Gasteiger partial charge in [0.1, 0.15) is 6.17 Å². The lowest BCUT2D eigenvalue weighted by Gasteiger charge is -2.22. The van der Waals surface area contributed by atoms with Crippen LogP contribution < -0.4 is 0 Å². The Morgan fingerprint density at radius 3 is 2.80 bits per heavy atom. The number of alkyl halides is 1. The Hall–Kier alpha value is -1.22. The van der Waals surface area contributed by atoms with Crippen LogP contribution in [0.5, 0.6) is 0 Å². The van der Waals surface area contributed by atoms with Crippen molar-refractivity contribution < 1.29 is 24.1 Å². The zero-order valence-electron chi connectivity index (χ0n) is 17.2. The van der Waals surface area contributed by atoms with Crippen molar-refractivity contribution in [1.29, 1.82) is 0 Å². The molecule has 0 aliphatic heterocycles. The first-order valence-electron chi connectivity index (χ1n) is 10.5. The van der Waals surface area contributed by atoms with Crippen molar-refractivity contribution in [3.05, 3.63) is 35.2 Å². The Morgan fingerprint density at radius 2 is 2.07 bits per heavy atom. The Kier molecular flexibility index (Phi) is 8.12. The lowest BCUT2D eigenvalue weighted by Crippen LogP contribution is -2.21. The first kappa shape index (κ1) is 23.4. The minimum Gasteiger partial charge on any atom is -0.393 e. The van der Waals surface area contributed by atoms with Gasteiger partial charge < -0.3 is 15.1 Å². The molecule has 0 saturated heterocycles. The summed E-state index contributed by atoms with van der Waals surface area (Å²) < 4.78 is 26.9. The molecule has 2 aromatic rings. The molecule has 1 aromatic carbocycles. The van der Waals surface area contributed by atoms with Gasteiger partial charge in [0.25, 0.3) is 0 Å². The molecule has 3 rings (SSSR count). The second-order valence-electron chi connectivity index (χ2n) is 8.36. The van der Waals surface area contributed by atoms with Gasteiger partial charge in [0, 0.05) is 47.6 Å². The maximum Gasteiger partial charge on any atom is 0.197 e. The van der Waals surface area contributed by atoms with Crippen LogP contribution in [0.2, 0.25) is 0 Å². The predicted molar refractivity (Wildman–Crippen MR) is 121 cm³/mol. The summed E-state index contributed by atoms with van der Waals surface area (Å²) in [6.07, 6.45) is 0.390. The van der Waals surface area contributed by atoms with Crippen molar-refractivity contribution in [2.75, 3.05) is 12.8 Å². The Bertz CT molecular complexity index is 910. The molecule has 1 aliphatic carbocycles. The normalized spacial score (nSPS) is 26.8. The number of aliphatic hydroxyl groups excluding tert-OH is 2. The van der Waals surface area contributed by atoms with E-state index in [2.05, 4.69) is 11.8 Å². The second kappa shape index (κ2) is 10.4. The molecule has 0 spiro atoms. The maximum atomic E-state index is 14.5. The van der Waals surface area contributed by atoms with Crippen LogP contribution in [0.3, 0.4) is 0 Å². The highest BCUT2D eigenvalue weighted by atomic mass is 32.1. The van der Waals surface area contributed by atoms with Crippen LogP contribution >= 0.6 is 18.7 Å². The minimum absolute atomic E-state index is 0.125. The molecular formula is C23H30FO4PS. The van der Waals surface area contributed by atoms with Crippen LogP contribution in [0.15, 0.2) is 30.3 Å². The third-order valence-corrected chi connectivity index (χ3v) is 8.22. The molecule has 4 nitrogen and oxygen atoms in total. The van der Waals surface area contributed by atoms with Crippen molar-refractivity contribution >= 4 is 28.8 Å².